The lowest BCUT2D eigenvalue weighted by atomic mass is 10.2. The average Bonchev–Trinajstić information content (AvgIpc) is 2.38. The third-order valence-electron chi connectivity index (χ3n) is 2.35. The molecule has 0 fully saturated rings. The Morgan fingerprint density at radius 2 is 1.58 bits per heavy atom. The van der Waals surface area contributed by atoms with Gasteiger partial charge in [0.1, 0.15) is 17.2 Å². The first-order valence-electron chi connectivity index (χ1n) is 5.34. The maximum absolute atomic E-state index is 13.3. The van der Waals surface area contributed by atoms with Crippen LogP contribution in [0.5, 0.6) is 0 Å². The lowest BCUT2D eigenvalue weighted by molar-refractivity contribution is 0.0954. The summed E-state index contributed by atoms with van der Waals surface area (Å²) in [4.78, 5) is 11.7. The summed E-state index contributed by atoms with van der Waals surface area (Å²) in [6, 6.07) is 10.2. The maximum atomic E-state index is 13.3. The van der Waals surface area contributed by atoms with Crippen molar-refractivity contribution in [2.24, 2.45) is 0 Å². The molecule has 2 N–H and O–H groups in total. The molecule has 3 nitrogen and oxygen atoms in total. The van der Waals surface area contributed by atoms with Gasteiger partial charge < -0.3 is 0 Å². The fourth-order valence-corrected chi connectivity index (χ4v) is 1.70. The lowest BCUT2D eigenvalue weighted by Gasteiger charge is -2.09. The maximum Gasteiger partial charge on any atom is 0.275 e. The van der Waals surface area contributed by atoms with Crippen LogP contribution in [0.3, 0.4) is 0 Å². The van der Waals surface area contributed by atoms with E-state index in [9.17, 15) is 13.6 Å². The molecule has 0 spiro atoms. The van der Waals surface area contributed by atoms with E-state index in [0.717, 1.165) is 16.6 Å². The van der Waals surface area contributed by atoms with Gasteiger partial charge in [0.15, 0.2) is 0 Å². The van der Waals surface area contributed by atoms with Crippen molar-refractivity contribution in [3.05, 3.63) is 64.1 Å². The number of hydrogen-bond donors (Lipinski definition) is 2. The van der Waals surface area contributed by atoms with Crippen LogP contribution in [0, 0.1) is 11.6 Å². The molecule has 2 aromatic rings. The standard InChI is InChI=1S/C13H9BrF2N2O/c14-8-4-6-9(7-5-8)17-18-13(19)12-10(15)2-1-3-11(12)16/h1-7,17H,(H,18,19). The first-order chi connectivity index (χ1) is 9.08. The van der Waals surface area contributed by atoms with Crippen LogP contribution in [0.25, 0.3) is 0 Å². The van der Waals surface area contributed by atoms with E-state index in [1.165, 1.54) is 6.07 Å². The Kier molecular flexibility index (Phi) is 4.11. The summed E-state index contributed by atoms with van der Waals surface area (Å²) in [5.41, 5.74) is 4.78. The zero-order valence-electron chi connectivity index (χ0n) is 9.58. The average molecular weight is 327 g/mol. The van der Waals surface area contributed by atoms with E-state index in [1.807, 2.05) is 0 Å². The lowest BCUT2D eigenvalue weighted by Crippen LogP contribution is -2.30. The van der Waals surface area contributed by atoms with Crippen LogP contribution in [-0.2, 0) is 0 Å². The van der Waals surface area contributed by atoms with Crippen molar-refractivity contribution in [2.75, 3.05) is 5.43 Å². The van der Waals surface area contributed by atoms with Crippen LogP contribution in [-0.4, -0.2) is 5.91 Å². The molecule has 0 aliphatic heterocycles. The van der Waals surface area contributed by atoms with Crippen molar-refractivity contribution in [3.8, 4) is 0 Å². The zero-order valence-corrected chi connectivity index (χ0v) is 11.2. The predicted molar refractivity (Wildman–Crippen MR) is 71.6 cm³/mol. The number of hydrogen-bond acceptors (Lipinski definition) is 2. The van der Waals surface area contributed by atoms with E-state index < -0.39 is 23.1 Å². The largest absolute Gasteiger partial charge is 0.298 e. The molecule has 0 bridgehead atoms. The number of carbonyl (C=O) groups excluding carboxylic acids is 1. The normalized spacial score (nSPS) is 10.1. The van der Waals surface area contributed by atoms with E-state index in [4.69, 9.17) is 0 Å². The van der Waals surface area contributed by atoms with Crippen molar-refractivity contribution >= 4 is 27.5 Å². The monoisotopic (exact) mass is 326 g/mol. The third kappa shape index (κ3) is 3.29. The van der Waals surface area contributed by atoms with Gasteiger partial charge in [-0.25, -0.2) is 8.78 Å². The van der Waals surface area contributed by atoms with Gasteiger partial charge in [0.2, 0.25) is 0 Å². The van der Waals surface area contributed by atoms with Crippen LogP contribution in [0.1, 0.15) is 10.4 Å². The van der Waals surface area contributed by atoms with Gasteiger partial charge in [-0.05, 0) is 36.4 Å². The Labute approximate surface area is 116 Å². The van der Waals surface area contributed by atoms with Crippen LogP contribution in [0.2, 0.25) is 0 Å². The van der Waals surface area contributed by atoms with Gasteiger partial charge in [-0.3, -0.25) is 15.6 Å². The third-order valence-corrected chi connectivity index (χ3v) is 2.88. The number of carbonyl (C=O) groups is 1. The molecular weight excluding hydrogens is 318 g/mol. The molecule has 0 unspecified atom stereocenters. The predicted octanol–water partition coefficient (Wildman–Crippen LogP) is 3.48. The molecular formula is C13H9BrF2N2O. The van der Waals surface area contributed by atoms with Gasteiger partial charge in [-0.15, -0.1) is 0 Å². The van der Waals surface area contributed by atoms with Crippen LogP contribution in [0.4, 0.5) is 14.5 Å². The molecule has 2 aromatic carbocycles. The highest BCUT2D eigenvalue weighted by Crippen LogP contribution is 2.14. The minimum atomic E-state index is -0.907. The smallest absolute Gasteiger partial charge is 0.275 e. The zero-order chi connectivity index (χ0) is 13.8. The van der Waals surface area contributed by atoms with Crippen LogP contribution >= 0.6 is 15.9 Å². The first-order valence-corrected chi connectivity index (χ1v) is 6.13. The Morgan fingerprint density at radius 3 is 2.16 bits per heavy atom. The molecule has 0 atom stereocenters. The van der Waals surface area contributed by atoms with Gasteiger partial charge in [-0.2, -0.15) is 0 Å². The molecule has 98 valence electrons. The summed E-state index contributed by atoms with van der Waals surface area (Å²) in [6.45, 7) is 0. The van der Waals surface area contributed by atoms with E-state index in [1.54, 1.807) is 24.3 Å². The van der Waals surface area contributed by atoms with Crippen molar-refractivity contribution in [1.82, 2.24) is 5.43 Å². The van der Waals surface area contributed by atoms with Gasteiger partial charge in [0.05, 0.1) is 5.69 Å². The highest BCUT2D eigenvalue weighted by atomic mass is 79.9. The second kappa shape index (κ2) is 5.79. The number of hydrazine groups is 1. The molecule has 6 heteroatoms. The number of rotatable bonds is 3. The van der Waals surface area contributed by atoms with Crippen molar-refractivity contribution < 1.29 is 13.6 Å². The first kappa shape index (κ1) is 13.5. The van der Waals surface area contributed by atoms with E-state index in [2.05, 4.69) is 26.8 Å². The molecule has 1 amide bonds. The van der Waals surface area contributed by atoms with Crippen LogP contribution < -0.4 is 10.9 Å². The topological polar surface area (TPSA) is 41.1 Å². The molecule has 0 saturated carbocycles. The second-order valence-corrected chi connectivity index (χ2v) is 4.60. The van der Waals surface area contributed by atoms with Crippen LogP contribution in [0.15, 0.2) is 46.9 Å². The molecule has 0 heterocycles. The summed E-state index contributed by atoms with van der Waals surface area (Å²) in [6.07, 6.45) is 0. The molecule has 0 aliphatic rings. The minimum Gasteiger partial charge on any atom is -0.298 e. The number of halogens is 3. The number of anilines is 1. The molecule has 0 aliphatic carbocycles. The molecule has 2 rings (SSSR count). The Balaban J connectivity index is 2.07. The highest BCUT2D eigenvalue weighted by molar-refractivity contribution is 9.10. The van der Waals surface area contributed by atoms with Gasteiger partial charge in [-0.1, -0.05) is 22.0 Å². The number of benzene rings is 2. The molecule has 0 aromatic heterocycles. The fourth-order valence-electron chi connectivity index (χ4n) is 1.44. The Morgan fingerprint density at radius 1 is 1.00 bits per heavy atom. The SMILES string of the molecule is O=C(NNc1ccc(Br)cc1)c1c(F)cccc1F. The van der Waals surface area contributed by atoms with E-state index in [-0.39, 0.29) is 0 Å². The van der Waals surface area contributed by atoms with Crippen molar-refractivity contribution in [2.45, 2.75) is 0 Å². The summed E-state index contributed by atoms with van der Waals surface area (Å²) in [7, 11) is 0. The fraction of sp³-hybridized carbons (Fsp3) is 0. The Bertz CT molecular complexity index is 582. The number of nitrogens with one attached hydrogen (secondary N) is 2. The van der Waals surface area contributed by atoms with E-state index in [0.29, 0.717) is 5.69 Å². The summed E-state index contributed by atoms with van der Waals surface area (Å²) in [5, 5.41) is 0. The molecule has 0 saturated heterocycles. The van der Waals surface area contributed by atoms with Gasteiger partial charge in [0, 0.05) is 4.47 Å². The van der Waals surface area contributed by atoms with Gasteiger partial charge in [0.25, 0.3) is 5.91 Å². The van der Waals surface area contributed by atoms with Gasteiger partial charge >= 0.3 is 0 Å². The summed E-state index contributed by atoms with van der Waals surface area (Å²) in [5.74, 6) is -2.69. The molecule has 19 heavy (non-hydrogen) atoms. The Hall–Kier alpha value is -1.95. The summed E-state index contributed by atoms with van der Waals surface area (Å²) >= 11 is 3.27. The van der Waals surface area contributed by atoms with Crippen molar-refractivity contribution in [1.29, 1.82) is 0 Å². The number of amides is 1. The minimum absolute atomic E-state index is 0.591. The summed E-state index contributed by atoms with van der Waals surface area (Å²) < 4.78 is 27.6. The van der Waals surface area contributed by atoms with E-state index >= 15 is 0 Å². The highest BCUT2D eigenvalue weighted by Gasteiger charge is 2.16. The quantitative estimate of drug-likeness (QED) is 0.848. The molecule has 0 radical (unpaired) electrons. The van der Waals surface area contributed by atoms with Crippen molar-refractivity contribution in [3.63, 3.8) is 0 Å². The second-order valence-electron chi connectivity index (χ2n) is 3.68.